The molecule has 0 saturated carbocycles. The molecule has 0 aliphatic rings. The van der Waals surface area contributed by atoms with Crippen LogP contribution in [0.3, 0.4) is 0 Å². The molecule has 0 unspecified atom stereocenters. The van der Waals surface area contributed by atoms with E-state index in [0.717, 1.165) is 29.8 Å². The van der Waals surface area contributed by atoms with Crippen molar-refractivity contribution in [3.63, 3.8) is 0 Å². The van der Waals surface area contributed by atoms with E-state index in [1.54, 1.807) is 13.3 Å². The molecule has 0 amide bonds. The number of aromatic nitrogens is 2. The summed E-state index contributed by atoms with van der Waals surface area (Å²) in [6, 6.07) is 7.85. The van der Waals surface area contributed by atoms with Crippen LogP contribution in [0.15, 0.2) is 36.7 Å². The lowest BCUT2D eigenvalue weighted by Gasteiger charge is -2.03. The number of nitrogens with zero attached hydrogens (tertiary/aromatic N) is 2. The van der Waals surface area contributed by atoms with Crippen molar-refractivity contribution in [2.24, 2.45) is 0 Å². The summed E-state index contributed by atoms with van der Waals surface area (Å²) in [6.45, 7) is 2.86. The van der Waals surface area contributed by atoms with Gasteiger partial charge in [-0.1, -0.05) is 12.1 Å². The Morgan fingerprint density at radius 1 is 1.25 bits per heavy atom. The first-order valence-corrected chi connectivity index (χ1v) is 6.87. The Kier molecular flexibility index (Phi) is 4.93. The summed E-state index contributed by atoms with van der Waals surface area (Å²) in [4.78, 5) is 11.9. The quantitative estimate of drug-likeness (QED) is 0.778. The van der Waals surface area contributed by atoms with Gasteiger partial charge in [-0.15, -0.1) is 0 Å². The molecule has 1 aromatic heterocycles. The standard InChI is InChI=1S/C16H20N2O2/c1-3-18-12-14(11-17-18)10-15(19)7-4-13-5-8-16(20-2)9-6-13/h5-6,8-9,11-12H,3-4,7,10H2,1-2H3. The molecule has 0 fully saturated rings. The number of carbonyl (C=O) groups is 1. The molecule has 20 heavy (non-hydrogen) atoms. The number of methoxy groups -OCH3 is 1. The molecule has 2 aromatic rings. The van der Waals surface area contributed by atoms with Gasteiger partial charge in [0, 0.05) is 25.6 Å². The molecule has 0 bridgehead atoms. The fourth-order valence-electron chi connectivity index (χ4n) is 2.06. The highest BCUT2D eigenvalue weighted by molar-refractivity contribution is 5.80. The molecule has 0 spiro atoms. The van der Waals surface area contributed by atoms with E-state index in [4.69, 9.17) is 4.74 Å². The van der Waals surface area contributed by atoms with Gasteiger partial charge in [0.15, 0.2) is 0 Å². The number of rotatable bonds is 7. The molecule has 0 saturated heterocycles. The third-order valence-electron chi connectivity index (χ3n) is 3.26. The first-order valence-electron chi connectivity index (χ1n) is 6.87. The topological polar surface area (TPSA) is 44.1 Å². The predicted octanol–water partition coefficient (Wildman–Crippen LogP) is 2.66. The van der Waals surface area contributed by atoms with Gasteiger partial charge in [0.05, 0.1) is 13.3 Å². The highest BCUT2D eigenvalue weighted by Crippen LogP contribution is 2.13. The normalized spacial score (nSPS) is 10.5. The van der Waals surface area contributed by atoms with Crippen LogP contribution in [0.1, 0.15) is 24.5 Å². The molecule has 4 heteroatoms. The van der Waals surface area contributed by atoms with Crippen molar-refractivity contribution in [2.45, 2.75) is 32.7 Å². The van der Waals surface area contributed by atoms with Gasteiger partial charge < -0.3 is 4.74 Å². The molecule has 1 aromatic carbocycles. The Balaban J connectivity index is 1.82. The number of Topliss-reactive ketones (excluding diaryl/α,β-unsaturated/α-hetero) is 1. The Morgan fingerprint density at radius 2 is 2.00 bits per heavy atom. The lowest BCUT2D eigenvalue weighted by Crippen LogP contribution is -2.04. The van der Waals surface area contributed by atoms with E-state index in [1.165, 1.54) is 0 Å². The molecule has 0 atom stereocenters. The summed E-state index contributed by atoms with van der Waals surface area (Å²) in [5, 5.41) is 4.18. The van der Waals surface area contributed by atoms with Gasteiger partial charge >= 0.3 is 0 Å². The van der Waals surface area contributed by atoms with Crippen molar-refractivity contribution in [2.75, 3.05) is 7.11 Å². The summed E-state index contributed by atoms with van der Waals surface area (Å²) < 4.78 is 6.95. The third kappa shape index (κ3) is 3.95. The Morgan fingerprint density at radius 3 is 2.60 bits per heavy atom. The minimum Gasteiger partial charge on any atom is -0.497 e. The van der Waals surface area contributed by atoms with E-state index < -0.39 is 0 Å². The van der Waals surface area contributed by atoms with E-state index in [9.17, 15) is 4.79 Å². The number of carbonyl (C=O) groups excluding carboxylic acids is 1. The minimum atomic E-state index is 0.247. The lowest BCUT2D eigenvalue weighted by atomic mass is 10.0. The predicted molar refractivity (Wildman–Crippen MR) is 77.9 cm³/mol. The van der Waals surface area contributed by atoms with Crippen molar-refractivity contribution < 1.29 is 9.53 Å². The first-order chi connectivity index (χ1) is 9.71. The van der Waals surface area contributed by atoms with Gasteiger partial charge in [-0.25, -0.2) is 0 Å². The number of ether oxygens (including phenoxy) is 1. The zero-order valence-electron chi connectivity index (χ0n) is 12.0. The first kappa shape index (κ1) is 14.3. The van der Waals surface area contributed by atoms with E-state index in [1.807, 2.05) is 42.1 Å². The van der Waals surface area contributed by atoms with E-state index in [-0.39, 0.29) is 5.78 Å². The zero-order valence-corrected chi connectivity index (χ0v) is 12.0. The molecule has 0 aliphatic carbocycles. The summed E-state index contributed by atoms with van der Waals surface area (Å²) >= 11 is 0. The summed E-state index contributed by atoms with van der Waals surface area (Å²) in [5.74, 6) is 1.09. The number of aryl methyl sites for hydroxylation is 2. The molecule has 0 N–H and O–H groups in total. The fourth-order valence-corrected chi connectivity index (χ4v) is 2.06. The maximum atomic E-state index is 11.9. The molecular formula is C16H20N2O2. The molecular weight excluding hydrogens is 252 g/mol. The zero-order chi connectivity index (χ0) is 14.4. The van der Waals surface area contributed by atoms with Gasteiger partial charge in [-0.2, -0.15) is 5.10 Å². The van der Waals surface area contributed by atoms with Gasteiger partial charge in [0.2, 0.25) is 0 Å². The maximum absolute atomic E-state index is 11.9. The summed E-state index contributed by atoms with van der Waals surface area (Å²) in [6.07, 6.45) is 5.50. The van der Waals surface area contributed by atoms with Crippen LogP contribution in [0.5, 0.6) is 5.75 Å². The van der Waals surface area contributed by atoms with E-state index in [2.05, 4.69) is 5.10 Å². The largest absolute Gasteiger partial charge is 0.497 e. The van der Waals surface area contributed by atoms with Crippen LogP contribution in [0, 0.1) is 0 Å². The fraction of sp³-hybridized carbons (Fsp3) is 0.375. The molecule has 0 aliphatic heterocycles. The molecule has 4 nitrogen and oxygen atoms in total. The van der Waals surface area contributed by atoms with Gasteiger partial charge in [0.25, 0.3) is 0 Å². The number of hydrogen-bond acceptors (Lipinski definition) is 3. The van der Waals surface area contributed by atoms with Crippen molar-refractivity contribution in [3.05, 3.63) is 47.8 Å². The van der Waals surface area contributed by atoms with Crippen LogP contribution in [0.2, 0.25) is 0 Å². The summed E-state index contributed by atoms with van der Waals surface area (Å²) in [7, 11) is 1.65. The Labute approximate surface area is 119 Å². The van der Waals surface area contributed by atoms with Crippen LogP contribution in [-0.2, 0) is 24.2 Å². The van der Waals surface area contributed by atoms with Crippen molar-refractivity contribution >= 4 is 5.78 Å². The molecule has 2 rings (SSSR count). The highest BCUT2D eigenvalue weighted by Gasteiger charge is 2.06. The van der Waals surface area contributed by atoms with E-state index >= 15 is 0 Å². The molecule has 106 valence electrons. The Hall–Kier alpha value is -2.10. The summed E-state index contributed by atoms with van der Waals surface area (Å²) in [5.41, 5.74) is 2.15. The highest BCUT2D eigenvalue weighted by atomic mass is 16.5. The second-order valence-corrected chi connectivity index (χ2v) is 4.77. The monoisotopic (exact) mass is 272 g/mol. The second-order valence-electron chi connectivity index (χ2n) is 4.77. The van der Waals surface area contributed by atoms with Crippen LogP contribution in [-0.4, -0.2) is 22.7 Å². The van der Waals surface area contributed by atoms with E-state index in [0.29, 0.717) is 12.8 Å². The van der Waals surface area contributed by atoms with Crippen molar-refractivity contribution in [1.82, 2.24) is 9.78 Å². The third-order valence-corrected chi connectivity index (χ3v) is 3.26. The molecule has 1 heterocycles. The van der Waals surface area contributed by atoms with Gasteiger partial charge in [-0.3, -0.25) is 9.48 Å². The molecule has 0 radical (unpaired) electrons. The van der Waals surface area contributed by atoms with Crippen molar-refractivity contribution in [3.8, 4) is 5.75 Å². The van der Waals surface area contributed by atoms with Crippen molar-refractivity contribution in [1.29, 1.82) is 0 Å². The van der Waals surface area contributed by atoms with Crippen LogP contribution in [0.25, 0.3) is 0 Å². The van der Waals surface area contributed by atoms with Gasteiger partial charge in [-0.05, 0) is 36.6 Å². The average molecular weight is 272 g/mol. The Bertz CT molecular complexity index is 558. The average Bonchev–Trinajstić information content (AvgIpc) is 2.93. The lowest BCUT2D eigenvalue weighted by molar-refractivity contribution is -0.118. The second kappa shape index (κ2) is 6.89. The number of ketones is 1. The SMILES string of the molecule is CCn1cc(CC(=O)CCc2ccc(OC)cc2)cn1. The number of benzene rings is 1. The number of hydrogen-bond donors (Lipinski definition) is 0. The van der Waals surface area contributed by atoms with Gasteiger partial charge in [0.1, 0.15) is 11.5 Å². The smallest absolute Gasteiger partial charge is 0.137 e. The van der Waals surface area contributed by atoms with Crippen LogP contribution < -0.4 is 4.74 Å². The maximum Gasteiger partial charge on any atom is 0.137 e. The van der Waals surface area contributed by atoms with Crippen LogP contribution in [0.4, 0.5) is 0 Å². The minimum absolute atomic E-state index is 0.247. The van der Waals surface area contributed by atoms with Crippen LogP contribution >= 0.6 is 0 Å².